The van der Waals surface area contributed by atoms with E-state index in [2.05, 4.69) is 9.88 Å². The summed E-state index contributed by atoms with van der Waals surface area (Å²) in [6.07, 6.45) is 1.91. The number of benzene rings is 1. The van der Waals surface area contributed by atoms with Crippen LogP contribution in [0.4, 0.5) is 10.1 Å². The molecule has 0 saturated carbocycles. The molecule has 0 atom stereocenters. The standard InChI is InChI=1S/C14H16FN3O/c1-10(19)17-4-6-18(7-5-17)14-9-16-13-8-11(15)2-3-12(13)14/h2-3,8-9,16H,4-7H2,1H3. The summed E-state index contributed by atoms with van der Waals surface area (Å²) in [5.41, 5.74) is 1.89. The highest BCUT2D eigenvalue weighted by Gasteiger charge is 2.20. The molecule has 0 unspecified atom stereocenters. The van der Waals surface area contributed by atoms with E-state index in [4.69, 9.17) is 0 Å². The fourth-order valence-electron chi connectivity index (χ4n) is 2.61. The van der Waals surface area contributed by atoms with Crippen LogP contribution in [0.25, 0.3) is 10.9 Å². The summed E-state index contributed by atoms with van der Waals surface area (Å²) in [4.78, 5) is 18.5. The molecule has 4 nitrogen and oxygen atoms in total. The molecule has 1 aromatic heterocycles. The molecule has 100 valence electrons. The van der Waals surface area contributed by atoms with Gasteiger partial charge in [0.2, 0.25) is 5.91 Å². The number of aromatic nitrogens is 1. The Balaban J connectivity index is 1.84. The Bertz CT molecular complexity index is 614. The van der Waals surface area contributed by atoms with Crippen molar-refractivity contribution < 1.29 is 9.18 Å². The number of nitrogens with one attached hydrogen (secondary N) is 1. The lowest BCUT2D eigenvalue weighted by atomic mass is 10.2. The van der Waals surface area contributed by atoms with Gasteiger partial charge in [-0.05, 0) is 18.2 Å². The highest BCUT2D eigenvalue weighted by Crippen LogP contribution is 2.28. The van der Waals surface area contributed by atoms with Gasteiger partial charge in [-0.2, -0.15) is 0 Å². The molecule has 0 spiro atoms. The second-order valence-electron chi connectivity index (χ2n) is 4.86. The maximum absolute atomic E-state index is 13.2. The zero-order chi connectivity index (χ0) is 13.4. The summed E-state index contributed by atoms with van der Waals surface area (Å²) >= 11 is 0. The molecule has 0 bridgehead atoms. The summed E-state index contributed by atoms with van der Waals surface area (Å²) in [5.74, 6) is -0.108. The molecule has 2 aromatic rings. The Morgan fingerprint density at radius 3 is 2.68 bits per heavy atom. The molecule has 1 fully saturated rings. The van der Waals surface area contributed by atoms with Crippen LogP contribution in [0.1, 0.15) is 6.92 Å². The monoisotopic (exact) mass is 261 g/mol. The van der Waals surface area contributed by atoms with Crippen molar-refractivity contribution in [3.63, 3.8) is 0 Å². The molecule has 19 heavy (non-hydrogen) atoms. The van der Waals surface area contributed by atoms with Crippen LogP contribution in [0, 0.1) is 5.82 Å². The minimum atomic E-state index is -0.234. The van der Waals surface area contributed by atoms with Crippen molar-refractivity contribution in [3.05, 3.63) is 30.2 Å². The fraction of sp³-hybridized carbons (Fsp3) is 0.357. The molecule has 2 heterocycles. The average molecular weight is 261 g/mol. The van der Waals surface area contributed by atoms with Crippen molar-refractivity contribution in [1.82, 2.24) is 9.88 Å². The average Bonchev–Trinajstić information content (AvgIpc) is 2.81. The molecule has 0 aliphatic carbocycles. The van der Waals surface area contributed by atoms with Gasteiger partial charge >= 0.3 is 0 Å². The van der Waals surface area contributed by atoms with Crippen LogP contribution in [0.5, 0.6) is 0 Å². The molecule has 1 amide bonds. The second-order valence-corrected chi connectivity index (χ2v) is 4.86. The number of hydrogen-bond acceptors (Lipinski definition) is 2. The molecule has 1 aliphatic heterocycles. The first-order valence-electron chi connectivity index (χ1n) is 6.42. The van der Waals surface area contributed by atoms with E-state index < -0.39 is 0 Å². The Kier molecular flexibility index (Phi) is 2.89. The van der Waals surface area contributed by atoms with Gasteiger partial charge in [-0.15, -0.1) is 0 Å². The van der Waals surface area contributed by atoms with Crippen molar-refractivity contribution in [2.75, 3.05) is 31.1 Å². The molecule has 3 rings (SSSR count). The first kappa shape index (κ1) is 12.0. The summed E-state index contributed by atoms with van der Waals surface area (Å²) in [6.45, 7) is 4.70. The summed E-state index contributed by atoms with van der Waals surface area (Å²) < 4.78 is 13.2. The first-order valence-corrected chi connectivity index (χ1v) is 6.42. The minimum Gasteiger partial charge on any atom is -0.366 e. The maximum Gasteiger partial charge on any atom is 0.219 e. The SMILES string of the molecule is CC(=O)N1CCN(c2c[nH]c3cc(F)ccc23)CC1. The molecule has 1 saturated heterocycles. The number of rotatable bonds is 1. The number of halogens is 1. The molecular weight excluding hydrogens is 245 g/mol. The molecule has 0 radical (unpaired) electrons. The van der Waals surface area contributed by atoms with E-state index in [-0.39, 0.29) is 11.7 Å². The molecule has 1 aromatic carbocycles. The highest BCUT2D eigenvalue weighted by molar-refractivity contribution is 5.93. The zero-order valence-electron chi connectivity index (χ0n) is 10.8. The third-order valence-electron chi connectivity index (χ3n) is 3.69. The van der Waals surface area contributed by atoms with E-state index in [1.165, 1.54) is 12.1 Å². The van der Waals surface area contributed by atoms with Crippen LogP contribution in [-0.2, 0) is 4.79 Å². The van der Waals surface area contributed by atoms with Gasteiger partial charge < -0.3 is 14.8 Å². The largest absolute Gasteiger partial charge is 0.366 e. The van der Waals surface area contributed by atoms with Crippen LogP contribution in [0.15, 0.2) is 24.4 Å². The van der Waals surface area contributed by atoms with Crippen molar-refractivity contribution in [2.45, 2.75) is 6.92 Å². The van der Waals surface area contributed by atoms with Crippen LogP contribution < -0.4 is 4.90 Å². The summed E-state index contributed by atoms with van der Waals surface area (Å²) in [7, 11) is 0. The van der Waals surface area contributed by atoms with E-state index in [1.54, 1.807) is 13.0 Å². The predicted molar refractivity (Wildman–Crippen MR) is 72.7 cm³/mol. The Morgan fingerprint density at radius 2 is 2.00 bits per heavy atom. The van der Waals surface area contributed by atoms with Gasteiger partial charge in [-0.25, -0.2) is 4.39 Å². The molecule has 1 N–H and O–H groups in total. The van der Waals surface area contributed by atoms with E-state index >= 15 is 0 Å². The topological polar surface area (TPSA) is 39.3 Å². The maximum atomic E-state index is 13.2. The lowest BCUT2D eigenvalue weighted by Crippen LogP contribution is -2.48. The number of hydrogen-bond donors (Lipinski definition) is 1. The van der Waals surface area contributed by atoms with Gasteiger partial charge in [0.25, 0.3) is 0 Å². The van der Waals surface area contributed by atoms with Crippen molar-refractivity contribution >= 4 is 22.5 Å². The van der Waals surface area contributed by atoms with Gasteiger partial charge in [0.1, 0.15) is 5.82 Å². The Morgan fingerprint density at radius 1 is 1.26 bits per heavy atom. The normalized spacial score (nSPS) is 16.1. The third kappa shape index (κ3) is 2.16. The number of carbonyl (C=O) groups excluding carboxylic acids is 1. The lowest BCUT2D eigenvalue weighted by Gasteiger charge is -2.35. The third-order valence-corrected chi connectivity index (χ3v) is 3.69. The molecule has 5 heteroatoms. The van der Waals surface area contributed by atoms with Crippen LogP contribution >= 0.6 is 0 Å². The molecule has 1 aliphatic rings. The Labute approximate surface area is 110 Å². The first-order chi connectivity index (χ1) is 9.15. The predicted octanol–water partition coefficient (Wildman–Crippen LogP) is 1.98. The van der Waals surface area contributed by atoms with E-state index in [0.717, 1.165) is 42.8 Å². The van der Waals surface area contributed by atoms with Crippen molar-refractivity contribution in [2.24, 2.45) is 0 Å². The summed E-state index contributed by atoms with van der Waals surface area (Å²) in [6, 6.07) is 4.78. The highest BCUT2D eigenvalue weighted by atomic mass is 19.1. The van der Waals surface area contributed by atoms with E-state index in [0.29, 0.717) is 0 Å². The van der Waals surface area contributed by atoms with Crippen LogP contribution in [-0.4, -0.2) is 42.0 Å². The number of anilines is 1. The Hall–Kier alpha value is -2.04. The van der Waals surface area contributed by atoms with Crippen LogP contribution in [0.3, 0.4) is 0 Å². The quantitative estimate of drug-likeness (QED) is 0.852. The number of H-pyrrole nitrogens is 1. The van der Waals surface area contributed by atoms with Crippen LogP contribution in [0.2, 0.25) is 0 Å². The minimum absolute atomic E-state index is 0.126. The number of fused-ring (bicyclic) bond motifs is 1. The van der Waals surface area contributed by atoms with Gasteiger partial charge in [0, 0.05) is 44.7 Å². The fourth-order valence-corrected chi connectivity index (χ4v) is 2.61. The number of piperazine rings is 1. The van der Waals surface area contributed by atoms with Crippen molar-refractivity contribution in [1.29, 1.82) is 0 Å². The van der Waals surface area contributed by atoms with E-state index in [1.807, 2.05) is 11.1 Å². The van der Waals surface area contributed by atoms with Gasteiger partial charge in [0.15, 0.2) is 0 Å². The number of aromatic amines is 1. The van der Waals surface area contributed by atoms with Gasteiger partial charge in [-0.1, -0.05) is 0 Å². The zero-order valence-corrected chi connectivity index (χ0v) is 10.8. The number of amides is 1. The van der Waals surface area contributed by atoms with Crippen molar-refractivity contribution in [3.8, 4) is 0 Å². The smallest absolute Gasteiger partial charge is 0.219 e. The molecular formula is C14H16FN3O. The van der Waals surface area contributed by atoms with Gasteiger partial charge in [0.05, 0.1) is 11.2 Å². The second kappa shape index (κ2) is 4.57. The van der Waals surface area contributed by atoms with E-state index in [9.17, 15) is 9.18 Å². The lowest BCUT2D eigenvalue weighted by molar-refractivity contribution is -0.129. The van der Waals surface area contributed by atoms with Gasteiger partial charge in [-0.3, -0.25) is 4.79 Å². The summed E-state index contributed by atoms with van der Waals surface area (Å²) in [5, 5.41) is 1.03. The number of carbonyl (C=O) groups is 1. The number of nitrogens with zero attached hydrogens (tertiary/aromatic N) is 2.